The number of carbonyl (C=O) groups is 4. The fourth-order valence-corrected chi connectivity index (χ4v) is 4.25. The predicted molar refractivity (Wildman–Crippen MR) is 117 cm³/mol. The highest BCUT2D eigenvalue weighted by molar-refractivity contribution is 6.34. The summed E-state index contributed by atoms with van der Waals surface area (Å²) in [5.41, 5.74) is 0.422. The lowest BCUT2D eigenvalue weighted by atomic mass is 9.85. The van der Waals surface area contributed by atoms with Crippen molar-refractivity contribution in [3.63, 3.8) is 0 Å². The number of imide groups is 1. The number of fused-ring (bicyclic) bond motifs is 1. The monoisotopic (exact) mass is 452 g/mol. The molecule has 1 aliphatic carbocycles. The number of nitrogens with zero attached hydrogens (tertiary/aromatic N) is 2. The van der Waals surface area contributed by atoms with Gasteiger partial charge in [0.1, 0.15) is 12.3 Å². The normalized spacial score (nSPS) is 19.6. The molecule has 0 N–H and O–H groups in total. The minimum atomic E-state index is -0.689. The highest BCUT2D eigenvalue weighted by Gasteiger charge is 2.51. The van der Waals surface area contributed by atoms with Crippen LogP contribution in [0.4, 0.5) is 0 Å². The molecule has 1 saturated heterocycles. The van der Waals surface area contributed by atoms with E-state index >= 15 is 0 Å². The van der Waals surface area contributed by atoms with E-state index in [1.54, 1.807) is 36.4 Å². The number of hydrogen-bond acceptors (Lipinski definition) is 5. The van der Waals surface area contributed by atoms with Crippen molar-refractivity contribution in [2.24, 2.45) is 11.8 Å². The van der Waals surface area contributed by atoms with Gasteiger partial charge in [0.05, 0.1) is 29.5 Å². The SMILES string of the molecule is COc1ccc(C(=O)CN(C(=O)c2ccccc2Cl)N2C(=O)[C@H]3CC=CC[C@H]3C2=O)cc1. The smallest absolute Gasteiger partial charge is 0.274 e. The Bertz CT molecular complexity index is 1090. The van der Waals surface area contributed by atoms with Crippen LogP contribution in [0.25, 0.3) is 0 Å². The molecule has 2 atom stereocenters. The van der Waals surface area contributed by atoms with Gasteiger partial charge in [0.15, 0.2) is 5.78 Å². The van der Waals surface area contributed by atoms with E-state index in [4.69, 9.17) is 16.3 Å². The highest BCUT2D eigenvalue weighted by Crippen LogP contribution is 2.36. The summed E-state index contributed by atoms with van der Waals surface area (Å²) >= 11 is 6.21. The standard InChI is InChI=1S/C24H21ClN2O5/c1-32-16-12-10-15(11-13-16)21(28)14-26(22(29)19-8-4-5-9-20(19)25)27-23(30)17-6-2-3-7-18(17)24(27)31/h2-5,8-13,17-18H,6-7,14H2,1H3/t17-,18+. The van der Waals surface area contributed by atoms with Gasteiger partial charge in [-0.15, -0.1) is 0 Å². The number of rotatable bonds is 6. The average Bonchev–Trinajstić information content (AvgIpc) is 3.07. The fraction of sp³-hybridized carbons (Fsp3) is 0.250. The van der Waals surface area contributed by atoms with Gasteiger partial charge in [-0.05, 0) is 49.2 Å². The number of ether oxygens (including phenoxy) is 1. The van der Waals surface area contributed by atoms with Gasteiger partial charge in [-0.3, -0.25) is 19.2 Å². The molecular formula is C24H21ClN2O5. The van der Waals surface area contributed by atoms with Gasteiger partial charge >= 0.3 is 0 Å². The zero-order valence-electron chi connectivity index (χ0n) is 17.4. The van der Waals surface area contributed by atoms with Crippen LogP contribution in [0.2, 0.25) is 5.02 Å². The number of hydrazine groups is 1. The van der Waals surface area contributed by atoms with E-state index in [-0.39, 0.29) is 10.6 Å². The van der Waals surface area contributed by atoms with Crippen LogP contribution >= 0.6 is 11.6 Å². The molecule has 8 heteroatoms. The summed E-state index contributed by atoms with van der Waals surface area (Å²) < 4.78 is 5.11. The number of Topliss-reactive ketones (excluding diaryl/α,β-unsaturated/α-hetero) is 1. The summed E-state index contributed by atoms with van der Waals surface area (Å²) in [6.07, 6.45) is 4.57. The first-order chi connectivity index (χ1) is 15.4. The number of halogens is 1. The highest BCUT2D eigenvalue weighted by atomic mass is 35.5. The predicted octanol–water partition coefficient (Wildman–Crippen LogP) is 3.54. The molecule has 0 bridgehead atoms. The molecule has 1 aliphatic heterocycles. The van der Waals surface area contributed by atoms with Crippen LogP contribution in [0.3, 0.4) is 0 Å². The summed E-state index contributed by atoms with van der Waals surface area (Å²) in [6, 6.07) is 12.7. The van der Waals surface area contributed by atoms with E-state index in [9.17, 15) is 19.2 Å². The maximum atomic E-state index is 13.4. The number of methoxy groups -OCH3 is 1. The van der Waals surface area contributed by atoms with Crippen molar-refractivity contribution >= 4 is 35.1 Å². The summed E-state index contributed by atoms with van der Waals surface area (Å²) in [5.74, 6) is -2.57. The molecule has 0 radical (unpaired) electrons. The molecule has 2 aromatic carbocycles. The van der Waals surface area contributed by atoms with Crippen molar-refractivity contribution in [1.29, 1.82) is 0 Å². The van der Waals surface area contributed by atoms with Gasteiger partial charge in [0, 0.05) is 5.56 Å². The maximum absolute atomic E-state index is 13.4. The molecule has 7 nitrogen and oxygen atoms in total. The van der Waals surface area contributed by atoms with E-state index in [0.717, 1.165) is 10.0 Å². The van der Waals surface area contributed by atoms with Gasteiger partial charge < -0.3 is 4.74 Å². The maximum Gasteiger partial charge on any atom is 0.274 e. The molecule has 0 saturated carbocycles. The number of benzene rings is 2. The number of carbonyl (C=O) groups excluding carboxylic acids is 4. The third kappa shape index (κ3) is 3.91. The fourth-order valence-electron chi connectivity index (χ4n) is 4.03. The summed E-state index contributed by atoms with van der Waals surface area (Å²) in [4.78, 5) is 52.7. The van der Waals surface area contributed by atoms with Crippen molar-refractivity contribution in [3.8, 4) is 5.75 Å². The number of allylic oxidation sites excluding steroid dienone is 2. The molecule has 2 aromatic rings. The first-order valence-electron chi connectivity index (χ1n) is 10.2. The molecule has 32 heavy (non-hydrogen) atoms. The Morgan fingerprint density at radius 3 is 2.16 bits per heavy atom. The quantitative estimate of drug-likeness (QED) is 0.380. The molecule has 3 amide bonds. The van der Waals surface area contributed by atoms with Gasteiger partial charge in [-0.1, -0.05) is 35.9 Å². The van der Waals surface area contributed by atoms with E-state index in [1.807, 2.05) is 12.2 Å². The first-order valence-corrected chi connectivity index (χ1v) is 10.6. The molecule has 2 aliphatic rings. The third-order valence-corrected chi connectivity index (χ3v) is 6.10. The Hall–Kier alpha value is -3.45. The van der Waals surface area contributed by atoms with Gasteiger partial charge in [-0.25, -0.2) is 5.01 Å². The van der Waals surface area contributed by atoms with E-state index in [1.165, 1.54) is 19.2 Å². The summed E-state index contributed by atoms with van der Waals surface area (Å²) in [5, 5.41) is 1.93. The Balaban J connectivity index is 1.69. The van der Waals surface area contributed by atoms with Crippen molar-refractivity contribution < 1.29 is 23.9 Å². The van der Waals surface area contributed by atoms with E-state index in [2.05, 4.69) is 0 Å². The molecule has 164 valence electrons. The van der Waals surface area contributed by atoms with Crippen LogP contribution in [0.5, 0.6) is 5.75 Å². The van der Waals surface area contributed by atoms with E-state index < -0.39 is 41.9 Å². The average molecular weight is 453 g/mol. The van der Waals surface area contributed by atoms with Crippen LogP contribution in [0.15, 0.2) is 60.7 Å². The Labute approximate surface area is 190 Å². The minimum Gasteiger partial charge on any atom is -0.497 e. The first kappa shape index (κ1) is 21.8. The topological polar surface area (TPSA) is 84.0 Å². The Kier molecular flexibility index (Phi) is 6.10. The number of hydrogen-bond donors (Lipinski definition) is 0. The Morgan fingerprint density at radius 2 is 1.59 bits per heavy atom. The molecular weight excluding hydrogens is 432 g/mol. The van der Waals surface area contributed by atoms with Crippen LogP contribution in [0, 0.1) is 11.8 Å². The van der Waals surface area contributed by atoms with Crippen molar-refractivity contribution in [2.45, 2.75) is 12.8 Å². The lowest BCUT2D eigenvalue weighted by molar-refractivity contribution is -0.154. The van der Waals surface area contributed by atoms with Gasteiger partial charge in [0.2, 0.25) is 0 Å². The Morgan fingerprint density at radius 1 is 1.00 bits per heavy atom. The second-order valence-corrected chi connectivity index (χ2v) is 8.05. The zero-order valence-corrected chi connectivity index (χ0v) is 18.1. The van der Waals surface area contributed by atoms with Gasteiger partial charge in [0.25, 0.3) is 17.7 Å². The lowest BCUT2D eigenvalue weighted by Crippen LogP contribution is -2.52. The zero-order chi connectivity index (χ0) is 22.8. The second-order valence-electron chi connectivity index (χ2n) is 7.64. The molecule has 1 heterocycles. The number of ketones is 1. The minimum absolute atomic E-state index is 0.102. The van der Waals surface area contributed by atoms with E-state index in [0.29, 0.717) is 24.2 Å². The van der Waals surface area contributed by atoms with Crippen molar-refractivity contribution in [1.82, 2.24) is 10.0 Å². The molecule has 4 rings (SSSR count). The van der Waals surface area contributed by atoms with Crippen LogP contribution in [-0.4, -0.2) is 47.2 Å². The molecule has 0 spiro atoms. The third-order valence-electron chi connectivity index (χ3n) is 5.77. The van der Waals surface area contributed by atoms with Crippen molar-refractivity contribution in [3.05, 3.63) is 76.8 Å². The summed E-state index contributed by atoms with van der Waals surface area (Å²) in [7, 11) is 1.51. The largest absolute Gasteiger partial charge is 0.497 e. The molecule has 0 unspecified atom stereocenters. The van der Waals surface area contributed by atoms with Crippen LogP contribution in [-0.2, 0) is 9.59 Å². The second kappa shape index (κ2) is 8.96. The summed E-state index contributed by atoms with van der Waals surface area (Å²) in [6.45, 7) is -0.485. The lowest BCUT2D eigenvalue weighted by Gasteiger charge is -2.30. The van der Waals surface area contributed by atoms with Crippen LogP contribution < -0.4 is 4.74 Å². The molecule has 0 aromatic heterocycles. The molecule has 1 fully saturated rings. The van der Waals surface area contributed by atoms with Crippen molar-refractivity contribution in [2.75, 3.05) is 13.7 Å². The van der Waals surface area contributed by atoms with Gasteiger partial charge in [-0.2, -0.15) is 5.01 Å². The number of amides is 3. The van der Waals surface area contributed by atoms with Crippen LogP contribution in [0.1, 0.15) is 33.6 Å².